The lowest BCUT2D eigenvalue weighted by Crippen LogP contribution is -2.07. The van der Waals surface area contributed by atoms with E-state index in [4.69, 9.17) is 14.6 Å². The van der Waals surface area contributed by atoms with E-state index in [1.54, 1.807) is 25.2 Å². The van der Waals surface area contributed by atoms with Gasteiger partial charge in [-0.05, 0) is 38.2 Å². The fourth-order valence-electron chi connectivity index (χ4n) is 1.36. The van der Waals surface area contributed by atoms with Gasteiger partial charge in [-0.15, -0.1) is 0 Å². The second-order valence-electron chi connectivity index (χ2n) is 3.51. The number of carbonyl (C=O) groups is 1. The number of hydrogen-bond donors (Lipinski definition) is 1. The zero-order valence-corrected chi connectivity index (χ0v) is 12.1. The lowest BCUT2D eigenvalue weighted by atomic mass is 10.2. The van der Waals surface area contributed by atoms with Crippen molar-refractivity contribution in [3.63, 3.8) is 0 Å². The summed E-state index contributed by atoms with van der Waals surface area (Å²) in [6.45, 7) is 10.6. The van der Waals surface area contributed by atoms with Gasteiger partial charge in [-0.3, -0.25) is 0 Å². The van der Waals surface area contributed by atoms with Crippen LogP contribution in [0.1, 0.15) is 13.8 Å². The summed E-state index contributed by atoms with van der Waals surface area (Å²) >= 11 is 0. The smallest absolute Gasteiger partial charge is 0.339 e. The number of rotatable bonds is 8. The minimum Gasteiger partial charge on any atom is -0.493 e. The molecule has 0 aromatic heterocycles. The van der Waals surface area contributed by atoms with Crippen LogP contribution in [0.5, 0.6) is 0 Å². The van der Waals surface area contributed by atoms with Gasteiger partial charge in [0.15, 0.2) is 11.5 Å². The van der Waals surface area contributed by atoms with E-state index in [0.717, 1.165) is 0 Å². The van der Waals surface area contributed by atoms with Crippen LogP contribution >= 0.6 is 0 Å². The molecule has 0 aliphatic rings. The molecular formula is C16H20O4. The van der Waals surface area contributed by atoms with E-state index in [0.29, 0.717) is 11.5 Å². The summed E-state index contributed by atoms with van der Waals surface area (Å²) in [6, 6.07) is 0. The van der Waals surface area contributed by atoms with E-state index in [2.05, 4.69) is 13.2 Å². The summed E-state index contributed by atoms with van der Waals surface area (Å²) in [7, 11) is 1.50. The maximum absolute atomic E-state index is 11.2. The lowest BCUT2D eigenvalue weighted by molar-refractivity contribution is -0.132. The first-order chi connectivity index (χ1) is 9.55. The third-order valence-electron chi connectivity index (χ3n) is 2.23. The highest BCUT2D eigenvalue weighted by Crippen LogP contribution is 2.20. The highest BCUT2D eigenvalue weighted by Gasteiger charge is 2.16. The molecular weight excluding hydrogens is 256 g/mol. The zero-order chi connectivity index (χ0) is 15.5. The molecule has 0 aromatic rings. The summed E-state index contributed by atoms with van der Waals surface area (Å²) in [5.41, 5.74) is -0.00205. The largest absolute Gasteiger partial charge is 0.493 e. The molecule has 0 aliphatic heterocycles. The predicted molar refractivity (Wildman–Crippen MR) is 79.8 cm³/mol. The van der Waals surface area contributed by atoms with Crippen LogP contribution in [0.15, 0.2) is 72.5 Å². The summed E-state index contributed by atoms with van der Waals surface area (Å²) in [5.74, 6) is -0.141. The predicted octanol–water partition coefficient (Wildman–Crippen LogP) is 3.72. The van der Waals surface area contributed by atoms with E-state index in [1.165, 1.54) is 25.3 Å². The van der Waals surface area contributed by atoms with Gasteiger partial charge in [0.1, 0.15) is 11.3 Å². The molecule has 0 saturated carbocycles. The SMILES string of the molecule is C=C/C=C(C(=O)O)\C(=C/C)O/C(C=C)=C(/C=C\C)OC. The molecule has 0 radical (unpaired) electrons. The van der Waals surface area contributed by atoms with Crippen LogP contribution in [0.3, 0.4) is 0 Å². The first kappa shape index (κ1) is 17.5. The Bertz CT molecular complexity index is 491. The number of carboxylic acids is 1. The Balaban J connectivity index is 5.62. The van der Waals surface area contributed by atoms with E-state index in [1.807, 2.05) is 6.92 Å². The van der Waals surface area contributed by atoms with Crippen LogP contribution in [0.25, 0.3) is 0 Å². The van der Waals surface area contributed by atoms with Gasteiger partial charge in [0.05, 0.1) is 7.11 Å². The van der Waals surface area contributed by atoms with E-state index >= 15 is 0 Å². The number of aliphatic carboxylic acids is 1. The fourth-order valence-corrected chi connectivity index (χ4v) is 1.36. The van der Waals surface area contributed by atoms with Gasteiger partial charge in [0.2, 0.25) is 0 Å². The van der Waals surface area contributed by atoms with Crippen LogP contribution < -0.4 is 0 Å². The first-order valence-electron chi connectivity index (χ1n) is 5.99. The highest BCUT2D eigenvalue weighted by atomic mass is 16.5. The molecule has 0 aliphatic carbocycles. The Morgan fingerprint density at radius 2 is 1.85 bits per heavy atom. The van der Waals surface area contributed by atoms with Gasteiger partial charge in [-0.2, -0.15) is 0 Å². The second-order valence-corrected chi connectivity index (χ2v) is 3.51. The molecule has 4 heteroatoms. The van der Waals surface area contributed by atoms with Crippen molar-refractivity contribution in [1.29, 1.82) is 0 Å². The van der Waals surface area contributed by atoms with Gasteiger partial charge in [-0.25, -0.2) is 4.79 Å². The third-order valence-corrected chi connectivity index (χ3v) is 2.23. The number of ether oxygens (including phenoxy) is 2. The number of methoxy groups -OCH3 is 1. The fraction of sp³-hybridized carbons (Fsp3) is 0.188. The summed E-state index contributed by atoms with van der Waals surface area (Å²) in [6.07, 6.45) is 9.23. The first-order valence-corrected chi connectivity index (χ1v) is 5.99. The third kappa shape index (κ3) is 5.02. The molecule has 20 heavy (non-hydrogen) atoms. The quantitative estimate of drug-likeness (QED) is 0.417. The number of allylic oxidation sites excluding steroid dienone is 6. The van der Waals surface area contributed by atoms with Crippen molar-refractivity contribution in [3.05, 3.63) is 72.5 Å². The molecule has 0 rings (SSSR count). The molecule has 0 atom stereocenters. The normalized spacial score (nSPS) is 13.8. The molecule has 1 N–H and O–H groups in total. The van der Waals surface area contributed by atoms with E-state index < -0.39 is 5.97 Å². The molecule has 0 heterocycles. The van der Waals surface area contributed by atoms with Gasteiger partial charge < -0.3 is 14.6 Å². The topological polar surface area (TPSA) is 55.8 Å². The monoisotopic (exact) mass is 276 g/mol. The average Bonchev–Trinajstić information content (AvgIpc) is 2.44. The Morgan fingerprint density at radius 3 is 2.20 bits per heavy atom. The van der Waals surface area contributed by atoms with Gasteiger partial charge >= 0.3 is 5.97 Å². The highest BCUT2D eigenvalue weighted by molar-refractivity contribution is 5.91. The molecule has 0 fully saturated rings. The van der Waals surface area contributed by atoms with Crippen molar-refractivity contribution < 1.29 is 19.4 Å². The van der Waals surface area contributed by atoms with Crippen molar-refractivity contribution in [1.82, 2.24) is 0 Å². The van der Waals surface area contributed by atoms with Crippen molar-refractivity contribution in [2.45, 2.75) is 13.8 Å². The molecule has 108 valence electrons. The molecule has 0 spiro atoms. The van der Waals surface area contributed by atoms with Crippen LogP contribution in [-0.4, -0.2) is 18.2 Å². The Hall–Kier alpha value is -2.49. The summed E-state index contributed by atoms with van der Waals surface area (Å²) in [5, 5.41) is 9.17. The van der Waals surface area contributed by atoms with Crippen LogP contribution in [-0.2, 0) is 14.3 Å². The van der Waals surface area contributed by atoms with Crippen LogP contribution in [0.4, 0.5) is 0 Å². The molecule has 0 bridgehead atoms. The molecule has 0 saturated heterocycles. The van der Waals surface area contributed by atoms with Crippen molar-refractivity contribution in [3.8, 4) is 0 Å². The molecule has 0 aromatic carbocycles. The Morgan fingerprint density at radius 1 is 1.20 bits per heavy atom. The molecule has 0 unspecified atom stereocenters. The lowest BCUT2D eigenvalue weighted by Gasteiger charge is -2.13. The van der Waals surface area contributed by atoms with Gasteiger partial charge in [0.25, 0.3) is 0 Å². The van der Waals surface area contributed by atoms with Crippen LogP contribution in [0, 0.1) is 0 Å². The van der Waals surface area contributed by atoms with Crippen LogP contribution in [0.2, 0.25) is 0 Å². The minimum atomic E-state index is -1.11. The van der Waals surface area contributed by atoms with Crippen molar-refractivity contribution >= 4 is 5.97 Å². The average molecular weight is 276 g/mol. The summed E-state index contributed by atoms with van der Waals surface area (Å²) < 4.78 is 10.8. The Kier molecular flexibility index (Phi) is 8.27. The number of carboxylic acid groups (broad SMARTS) is 1. The Labute approximate surface area is 119 Å². The van der Waals surface area contributed by atoms with Gasteiger partial charge in [-0.1, -0.05) is 25.3 Å². The maximum atomic E-state index is 11.2. The van der Waals surface area contributed by atoms with Gasteiger partial charge in [0, 0.05) is 0 Å². The van der Waals surface area contributed by atoms with E-state index in [9.17, 15) is 4.79 Å². The summed E-state index contributed by atoms with van der Waals surface area (Å²) in [4.78, 5) is 11.2. The standard InChI is InChI=1S/C16H20O4/c1-6-10-12(16(17)18)13(8-3)20-14(9-4)15(19-5)11-7-2/h6-11H,1,4H2,2-3,5H3,(H,17,18)/b11-7-,12-10+,13-8+,15-14-. The minimum absolute atomic E-state index is 0.00205. The number of hydrogen-bond acceptors (Lipinski definition) is 3. The van der Waals surface area contributed by atoms with Crippen molar-refractivity contribution in [2.24, 2.45) is 0 Å². The molecule has 4 nitrogen and oxygen atoms in total. The maximum Gasteiger partial charge on any atom is 0.339 e. The van der Waals surface area contributed by atoms with Crippen molar-refractivity contribution in [2.75, 3.05) is 7.11 Å². The molecule has 0 amide bonds. The van der Waals surface area contributed by atoms with E-state index in [-0.39, 0.29) is 11.3 Å². The zero-order valence-electron chi connectivity index (χ0n) is 12.1. The second kappa shape index (κ2) is 9.44.